The summed E-state index contributed by atoms with van der Waals surface area (Å²) in [7, 11) is 0. The zero-order valence-electron chi connectivity index (χ0n) is 8.03. The quantitative estimate of drug-likeness (QED) is 0.758. The maximum absolute atomic E-state index is 11.9. The third kappa shape index (κ3) is 2.38. The summed E-state index contributed by atoms with van der Waals surface area (Å²) in [6.07, 6.45) is 1.36. The van der Waals surface area contributed by atoms with Gasteiger partial charge in [0.1, 0.15) is 0 Å². The summed E-state index contributed by atoms with van der Waals surface area (Å²) in [5, 5.41) is 0. The molecule has 0 unspecified atom stereocenters. The molecule has 0 bridgehead atoms. The molecule has 0 atom stereocenters. The second-order valence-corrected chi connectivity index (χ2v) is 5.19. The van der Waals surface area contributed by atoms with Gasteiger partial charge >= 0.3 is 0 Å². The molecule has 80 valence electrons. The van der Waals surface area contributed by atoms with E-state index in [1.807, 2.05) is 0 Å². The van der Waals surface area contributed by atoms with Crippen LogP contribution in [0.5, 0.6) is 0 Å². The van der Waals surface area contributed by atoms with E-state index in [0.29, 0.717) is 22.2 Å². The van der Waals surface area contributed by atoms with Gasteiger partial charge in [-0.15, -0.1) is 11.3 Å². The molecule has 1 aromatic heterocycles. The molecular weight excluding hydrogens is 234 g/mol. The third-order valence-electron chi connectivity index (χ3n) is 2.32. The van der Waals surface area contributed by atoms with Gasteiger partial charge in [-0.05, 0) is 18.6 Å². The molecule has 1 saturated heterocycles. The lowest BCUT2D eigenvalue weighted by Gasteiger charge is -2.25. The Morgan fingerprint density at radius 3 is 2.87 bits per heavy atom. The van der Waals surface area contributed by atoms with E-state index in [0.717, 1.165) is 6.42 Å². The zero-order valence-corrected chi connectivity index (χ0v) is 9.61. The van der Waals surface area contributed by atoms with Gasteiger partial charge in [-0.3, -0.25) is 9.59 Å². The minimum Gasteiger partial charge on any atom is -0.331 e. The fourth-order valence-electron chi connectivity index (χ4n) is 1.60. The van der Waals surface area contributed by atoms with E-state index in [1.54, 1.807) is 17.0 Å². The Hall–Kier alpha value is -0.870. The van der Waals surface area contributed by atoms with E-state index in [2.05, 4.69) is 0 Å². The largest absolute Gasteiger partial charge is 0.331 e. The first-order chi connectivity index (χ1) is 7.16. The Morgan fingerprint density at radius 2 is 2.27 bits per heavy atom. The molecule has 0 saturated carbocycles. The molecule has 0 spiro atoms. The molecule has 0 aromatic carbocycles. The lowest BCUT2D eigenvalue weighted by molar-refractivity contribution is -0.121. The van der Waals surface area contributed by atoms with E-state index < -0.39 is 0 Å². The molecule has 0 aliphatic carbocycles. The van der Waals surface area contributed by atoms with Gasteiger partial charge in [0.05, 0.1) is 15.8 Å². The molecule has 5 heteroatoms. The van der Waals surface area contributed by atoms with Crippen LogP contribution < -0.4 is 0 Å². The summed E-state index contributed by atoms with van der Waals surface area (Å²) in [4.78, 5) is 25.3. The van der Waals surface area contributed by atoms with Crippen LogP contribution in [0.2, 0.25) is 4.34 Å². The van der Waals surface area contributed by atoms with Crippen molar-refractivity contribution in [1.29, 1.82) is 0 Å². The van der Waals surface area contributed by atoms with Crippen molar-refractivity contribution in [3.05, 3.63) is 21.3 Å². The van der Waals surface area contributed by atoms with Crippen LogP contribution in [-0.2, 0) is 4.79 Å². The Bertz CT molecular complexity index is 402. The molecule has 1 fully saturated rings. The minimum atomic E-state index is -0.0834. The van der Waals surface area contributed by atoms with Crippen molar-refractivity contribution in [2.45, 2.75) is 12.8 Å². The van der Waals surface area contributed by atoms with E-state index in [9.17, 15) is 9.59 Å². The van der Waals surface area contributed by atoms with Gasteiger partial charge in [0.2, 0.25) is 0 Å². The average molecular weight is 244 g/mol. The zero-order chi connectivity index (χ0) is 10.8. The number of thiophene rings is 1. The Morgan fingerprint density at radius 1 is 1.47 bits per heavy atom. The van der Waals surface area contributed by atoms with Crippen molar-refractivity contribution < 1.29 is 9.59 Å². The number of halogens is 1. The number of Topliss-reactive ketones (excluding diaryl/α,β-unsaturated/α-hetero) is 1. The first kappa shape index (κ1) is 10.6. The van der Waals surface area contributed by atoms with E-state index in [1.165, 1.54) is 11.3 Å². The summed E-state index contributed by atoms with van der Waals surface area (Å²) >= 11 is 7.01. The number of rotatable bonds is 1. The highest BCUT2D eigenvalue weighted by molar-refractivity contribution is 7.17. The first-order valence-corrected chi connectivity index (χ1v) is 5.92. The normalized spacial score (nSPS) is 16.9. The van der Waals surface area contributed by atoms with E-state index in [4.69, 9.17) is 11.6 Å². The van der Waals surface area contributed by atoms with Gasteiger partial charge in [-0.25, -0.2) is 0 Å². The first-order valence-electron chi connectivity index (χ1n) is 4.73. The Labute approximate surface area is 96.6 Å². The second kappa shape index (κ2) is 4.33. The molecule has 1 aromatic rings. The minimum absolute atomic E-state index is 0.0834. The molecule has 2 heterocycles. The van der Waals surface area contributed by atoms with Gasteiger partial charge in [0, 0.05) is 13.0 Å². The summed E-state index contributed by atoms with van der Waals surface area (Å²) < 4.78 is 0.599. The third-order valence-corrected chi connectivity index (χ3v) is 3.54. The predicted molar refractivity (Wildman–Crippen MR) is 59.5 cm³/mol. The lowest BCUT2D eigenvalue weighted by Crippen LogP contribution is -2.39. The Kier molecular flexibility index (Phi) is 3.07. The maximum Gasteiger partial charge on any atom is 0.264 e. The fraction of sp³-hybridized carbons (Fsp3) is 0.400. The SMILES string of the molecule is O=C1CCCN(C(=O)c2ccc(Cl)s2)C1. The summed E-state index contributed by atoms with van der Waals surface area (Å²) in [6.45, 7) is 0.911. The van der Waals surface area contributed by atoms with Gasteiger partial charge < -0.3 is 4.90 Å². The molecule has 2 rings (SSSR count). The lowest BCUT2D eigenvalue weighted by atomic mass is 10.1. The topological polar surface area (TPSA) is 37.4 Å². The van der Waals surface area contributed by atoms with Crippen LogP contribution in [0.1, 0.15) is 22.5 Å². The molecule has 0 N–H and O–H groups in total. The van der Waals surface area contributed by atoms with Gasteiger partial charge in [-0.2, -0.15) is 0 Å². The standard InChI is InChI=1S/C10H10ClNO2S/c11-9-4-3-8(15-9)10(14)12-5-1-2-7(13)6-12/h3-4H,1-2,5-6H2. The molecular formula is C10H10ClNO2S. The van der Waals surface area contributed by atoms with Crippen molar-refractivity contribution >= 4 is 34.6 Å². The van der Waals surface area contributed by atoms with Crippen LogP contribution in [0.15, 0.2) is 12.1 Å². The van der Waals surface area contributed by atoms with E-state index >= 15 is 0 Å². The number of ketones is 1. The molecule has 1 amide bonds. The fourth-order valence-corrected chi connectivity index (χ4v) is 2.61. The second-order valence-electron chi connectivity index (χ2n) is 3.47. The predicted octanol–water partition coefficient (Wildman–Crippen LogP) is 2.21. The van der Waals surface area contributed by atoms with E-state index in [-0.39, 0.29) is 18.2 Å². The number of likely N-dealkylation sites (tertiary alicyclic amines) is 1. The molecule has 15 heavy (non-hydrogen) atoms. The van der Waals surface area contributed by atoms with Crippen molar-refractivity contribution in [2.75, 3.05) is 13.1 Å². The Balaban J connectivity index is 2.10. The molecule has 3 nitrogen and oxygen atoms in total. The smallest absolute Gasteiger partial charge is 0.264 e. The summed E-state index contributed by atoms with van der Waals surface area (Å²) in [5.41, 5.74) is 0. The van der Waals surface area contributed by atoms with Crippen LogP contribution in [0.25, 0.3) is 0 Å². The van der Waals surface area contributed by atoms with Crippen molar-refractivity contribution in [3.8, 4) is 0 Å². The van der Waals surface area contributed by atoms with Crippen molar-refractivity contribution in [3.63, 3.8) is 0 Å². The number of nitrogens with zero attached hydrogens (tertiary/aromatic N) is 1. The van der Waals surface area contributed by atoms with Gasteiger partial charge in [0.15, 0.2) is 5.78 Å². The molecule has 0 radical (unpaired) electrons. The highest BCUT2D eigenvalue weighted by Gasteiger charge is 2.23. The molecule has 1 aliphatic rings. The average Bonchev–Trinajstić information content (AvgIpc) is 2.64. The number of carbonyl (C=O) groups excluding carboxylic acids is 2. The molecule has 1 aliphatic heterocycles. The summed E-state index contributed by atoms with van der Waals surface area (Å²) in [5.74, 6) is 0.0530. The van der Waals surface area contributed by atoms with Crippen molar-refractivity contribution in [1.82, 2.24) is 4.90 Å². The highest BCUT2D eigenvalue weighted by atomic mass is 35.5. The number of hydrogen-bond acceptors (Lipinski definition) is 3. The number of hydrogen-bond donors (Lipinski definition) is 0. The summed E-state index contributed by atoms with van der Waals surface area (Å²) in [6, 6.07) is 3.40. The van der Waals surface area contributed by atoms with Crippen molar-refractivity contribution in [2.24, 2.45) is 0 Å². The highest BCUT2D eigenvalue weighted by Crippen LogP contribution is 2.23. The number of amides is 1. The van der Waals surface area contributed by atoms with Crippen LogP contribution >= 0.6 is 22.9 Å². The van der Waals surface area contributed by atoms with Crippen LogP contribution in [0.3, 0.4) is 0 Å². The van der Waals surface area contributed by atoms with Gasteiger partial charge in [0.25, 0.3) is 5.91 Å². The monoisotopic (exact) mass is 243 g/mol. The van der Waals surface area contributed by atoms with Gasteiger partial charge in [-0.1, -0.05) is 11.6 Å². The van der Waals surface area contributed by atoms with Crippen LogP contribution in [-0.4, -0.2) is 29.7 Å². The van der Waals surface area contributed by atoms with Crippen LogP contribution in [0.4, 0.5) is 0 Å². The maximum atomic E-state index is 11.9. The number of carbonyl (C=O) groups is 2. The number of piperidine rings is 1. The van der Waals surface area contributed by atoms with Crippen LogP contribution in [0, 0.1) is 0 Å².